The number of hydrogen-bond acceptors (Lipinski definition) is 2. The van der Waals surface area contributed by atoms with Gasteiger partial charge in [0.2, 0.25) is 0 Å². The molecule has 2 nitrogen and oxygen atoms in total. The third-order valence-electron chi connectivity index (χ3n) is 4.64. The molecule has 0 radical (unpaired) electrons. The van der Waals surface area contributed by atoms with Crippen LogP contribution in [-0.2, 0) is 9.53 Å². The van der Waals surface area contributed by atoms with E-state index >= 15 is 0 Å². The Bertz CT molecular complexity index is 434. The lowest BCUT2D eigenvalue weighted by Gasteiger charge is -2.41. The maximum atomic E-state index is 10.8. The van der Waals surface area contributed by atoms with Crippen molar-refractivity contribution < 1.29 is 9.53 Å². The van der Waals surface area contributed by atoms with Gasteiger partial charge in [-0.15, -0.1) is 0 Å². The standard InChI is InChI=1S/C17H25BrO2/c1-12(19)20-11-13-4-6-14(7-5-13)15-8-9-16(18)17(2,3)10-15/h4,6,15-16H,5,7-11H2,1-3H3. The van der Waals surface area contributed by atoms with E-state index in [0.29, 0.717) is 16.8 Å². The highest BCUT2D eigenvalue weighted by atomic mass is 79.9. The van der Waals surface area contributed by atoms with E-state index in [4.69, 9.17) is 4.74 Å². The first kappa shape index (κ1) is 15.8. The minimum Gasteiger partial charge on any atom is -0.461 e. The number of carbonyl (C=O) groups excluding carboxylic acids is 1. The van der Waals surface area contributed by atoms with Crippen LogP contribution in [0.3, 0.4) is 0 Å². The summed E-state index contributed by atoms with van der Waals surface area (Å²) in [5.41, 5.74) is 3.20. The minimum atomic E-state index is -0.196. The smallest absolute Gasteiger partial charge is 0.302 e. The molecule has 1 saturated carbocycles. The van der Waals surface area contributed by atoms with Crippen LogP contribution < -0.4 is 0 Å². The molecule has 0 spiro atoms. The van der Waals surface area contributed by atoms with Crippen molar-refractivity contribution in [2.45, 2.75) is 57.7 Å². The predicted octanol–water partition coefficient (Wildman–Crippen LogP) is 4.79. The number of alkyl halides is 1. The molecule has 2 aliphatic carbocycles. The normalized spacial score (nSPS) is 29.4. The Morgan fingerprint density at radius 2 is 2.10 bits per heavy atom. The summed E-state index contributed by atoms with van der Waals surface area (Å²) < 4.78 is 5.07. The highest BCUT2D eigenvalue weighted by Crippen LogP contribution is 2.46. The van der Waals surface area contributed by atoms with Gasteiger partial charge >= 0.3 is 5.97 Å². The first-order chi connectivity index (χ1) is 9.38. The van der Waals surface area contributed by atoms with Crippen molar-refractivity contribution in [1.29, 1.82) is 0 Å². The lowest BCUT2D eigenvalue weighted by Crippen LogP contribution is -2.33. The van der Waals surface area contributed by atoms with E-state index in [2.05, 4.69) is 41.9 Å². The summed E-state index contributed by atoms with van der Waals surface area (Å²) >= 11 is 3.83. The van der Waals surface area contributed by atoms with Crippen molar-refractivity contribution in [2.75, 3.05) is 6.61 Å². The van der Waals surface area contributed by atoms with Crippen molar-refractivity contribution in [1.82, 2.24) is 0 Å². The summed E-state index contributed by atoms with van der Waals surface area (Å²) in [4.78, 5) is 11.5. The lowest BCUT2D eigenvalue weighted by molar-refractivity contribution is -0.140. The number of rotatable bonds is 3. The molecule has 20 heavy (non-hydrogen) atoms. The summed E-state index contributed by atoms with van der Waals surface area (Å²) in [5, 5.41) is 0. The van der Waals surface area contributed by atoms with Gasteiger partial charge in [-0.25, -0.2) is 0 Å². The second-order valence-electron chi connectivity index (χ2n) is 6.78. The van der Waals surface area contributed by atoms with E-state index in [1.807, 2.05) is 0 Å². The maximum Gasteiger partial charge on any atom is 0.302 e. The first-order valence-corrected chi connectivity index (χ1v) is 8.46. The zero-order valence-corrected chi connectivity index (χ0v) is 14.3. The monoisotopic (exact) mass is 340 g/mol. The molecule has 2 rings (SSSR count). The molecule has 2 aliphatic rings. The number of allylic oxidation sites excluding steroid dienone is 3. The Morgan fingerprint density at radius 1 is 1.35 bits per heavy atom. The van der Waals surface area contributed by atoms with Gasteiger partial charge in [0.15, 0.2) is 0 Å². The van der Waals surface area contributed by atoms with Crippen LogP contribution in [0.4, 0.5) is 0 Å². The van der Waals surface area contributed by atoms with Gasteiger partial charge in [0.25, 0.3) is 0 Å². The summed E-state index contributed by atoms with van der Waals surface area (Å²) in [6, 6.07) is 0. The van der Waals surface area contributed by atoms with E-state index in [0.717, 1.165) is 18.8 Å². The van der Waals surface area contributed by atoms with Crippen molar-refractivity contribution in [3.8, 4) is 0 Å². The predicted molar refractivity (Wildman–Crippen MR) is 85.9 cm³/mol. The van der Waals surface area contributed by atoms with Gasteiger partial charge in [0.05, 0.1) is 0 Å². The SMILES string of the molecule is CC(=O)OCC1=CC=C(C2CCC(Br)C(C)(C)C2)CC1. The second-order valence-corrected chi connectivity index (χ2v) is 7.89. The van der Waals surface area contributed by atoms with Crippen molar-refractivity contribution in [3.63, 3.8) is 0 Å². The summed E-state index contributed by atoms with van der Waals surface area (Å²) in [5.74, 6) is 0.531. The Morgan fingerprint density at radius 3 is 2.65 bits per heavy atom. The van der Waals surface area contributed by atoms with Crippen molar-refractivity contribution >= 4 is 21.9 Å². The van der Waals surface area contributed by atoms with Crippen LogP contribution in [0.25, 0.3) is 0 Å². The van der Waals surface area contributed by atoms with Gasteiger partial charge in [-0.1, -0.05) is 47.5 Å². The van der Waals surface area contributed by atoms with Crippen LogP contribution >= 0.6 is 15.9 Å². The molecule has 0 N–H and O–H groups in total. The van der Waals surface area contributed by atoms with Crippen LogP contribution in [0.5, 0.6) is 0 Å². The van der Waals surface area contributed by atoms with Gasteiger partial charge in [0.1, 0.15) is 6.61 Å². The largest absolute Gasteiger partial charge is 0.461 e. The second kappa shape index (κ2) is 6.46. The number of carbonyl (C=O) groups is 1. The molecule has 2 unspecified atom stereocenters. The van der Waals surface area contributed by atoms with Gasteiger partial charge in [-0.05, 0) is 49.0 Å². The molecule has 0 aliphatic heterocycles. The third-order valence-corrected chi connectivity index (χ3v) is 6.34. The molecule has 2 atom stereocenters. The molecule has 0 amide bonds. The van der Waals surface area contributed by atoms with Crippen LogP contribution in [0.15, 0.2) is 23.3 Å². The highest BCUT2D eigenvalue weighted by Gasteiger charge is 2.36. The van der Waals surface area contributed by atoms with E-state index in [9.17, 15) is 4.79 Å². The molecular weight excluding hydrogens is 316 g/mol. The van der Waals surface area contributed by atoms with Crippen LogP contribution in [0.2, 0.25) is 0 Å². The Balaban J connectivity index is 1.96. The Labute approximate surface area is 130 Å². The molecule has 0 aromatic rings. The molecule has 112 valence electrons. The fraction of sp³-hybridized carbons (Fsp3) is 0.706. The third kappa shape index (κ3) is 3.97. The van der Waals surface area contributed by atoms with Gasteiger partial charge in [-0.3, -0.25) is 4.79 Å². The molecule has 0 bridgehead atoms. The van der Waals surface area contributed by atoms with Crippen LogP contribution in [-0.4, -0.2) is 17.4 Å². The first-order valence-electron chi connectivity index (χ1n) is 7.54. The summed E-state index contributed by atoms with van der Waals surface area (Å²) in [6.07, 6.45) is 10.4. The van der Waals surface area contributed by atoms with Crippen LogP contribution in [0, 0.1) is 11.3 Å². The van der Waals surface area contributed by atoms with Crippen molar-refractivity contribution in [2.24, 2.45) is 11.3 Å². The fourth-order valence-corrected chi connectivity index (χ4v) is 3.72. The Kier molecular flexibility index (Phi) is 5.11. The van der Waals surface area contributed by atoms with E-state index in [-0.39, 0.29) is 5.97 Å². The zero-order chi connectivity index (χ0) is 14.8. The molecule has 3 heteroatoms. The molecule has 0 aromatic carbocycles. The van der Waals surface area contributed by atoms with Crippen LogP contribution in [0.1, 0.15) is 52.9 Å². The molecule has 0 saturated heterocycles. The number of halogens is 1. The Hall–Kier alpha value is -0.570. The zero-order valence-electron chi connectivity index (χ0n) is 12.7. The quantitative estimate of drug-likeness (QED) is 0.545. The average Bonchev–Trinajstić information content (AvgIpc) is 2.40. The fourth-order valence-electron chi connectivity index (χ4n) is 3.27. The topological polar surface area (TPSA) is 26.3 Å². The number of hydrogen-bond donors (Lipinski definition) is 0. The van der Waals surface area contributed by atoms with Gasteiger partial charge in [0, 0.05) is 11.8 Å². The molecule has 0 heterocycles. The molecule has 0 aromatic heterocycles. The van der Waals surface area contributed by atoms with Crippen molar-refractivity contribution in [3.05, 3.63) is 23.3 Å². The maximum absolute atomic E-state index is 10.8. The minimum absolute atomic E-state index is 0.196. The molecule has 1 fully saturated rings. The van der Waals surface area contributed by atoms with E-state index in [1.165, 1.54) is 31.8 Å². The van der Waals surface area contributed by atoms with Gasteiger partial charge in [-0.2, -0.15) is 0 Å². The lowest BCUT2D eigenvalue weighted by atomic mass is 9.68. The number of esters is 1. The highest BCUT2D eigenvalue weighted by molar-refractivity contribution is 9.09. The van der Waals surface area contributed by atoms with Gasteiger partial charge < -0.3 is 4.74 Å². The van der Waals surface area contributed by atoms with E-state index < -0.39 is 0 Å². The van der Waals surface area contributed by atoms with E-state index in [1.54, 1.807) is 5.57 Å². The summed E-state index contributed by atoms with van der Waals surface area (Å²) in [6.45, 7) is 6.65. The molecular formula is C17H25BrO2. The average molecular weight is 341 g/mol. The summed E-state index contributed by atoms with van der Waals surface area (Å²) in [7, 11) is 0. The number of ether oxygens (including phenoxy) is 1.